The number of nitrogens with one attached hydrogen (secondary N) is 1. The molecule has 0 radical (unpaired) electrons. The van der Waals surface area contributed by atoms with Crippen molar-refractivity contribution < 1.29 is 22.6 Å². The minimum Gasteiger partial charge on any atom is -0.493 e. The van der Waals surface area contributed by atoms with Crippen molar-refractivity contribution in [3.05, 3.63) is 40.9 Å². The van der Waals surface area contributed by atoms with Crippen LogP contribution in [0.15, 0.2) is 45.8 Å². The molecule has 0 spiro atoms. The van der Waals surface area contributed by atoms with Gasteiger partial charge >= 0.3 is 0 Å². The van der Waals surface area contributed by atoms with Gasteiger partial charge in [-0.1, -0.05) is 12.1 Å². The second kappa shape index (κ2) is 7.76. The molecule has 24 heavy (non-hydrogen) atoms. The van der Waals surface area contributed by atoms with Gasteiger partial charge in [-0.25, -0.2) is 8.42 Å². The smallest absolute Gasteiger partial charge is 0.263 e. The quantitative estimate of drug-likeness (QED) is 0.746. The molecule has 0 saturated carbocycles. The molecule has 0 fully saturated rings. The molecule has 0 heterocycles. The van der Waals surface area contributed by atoms with Crippen molar-refractivity contribution in [2.75, 3.05) is 25.5 Å². The highest BCUT2D eigenvalue weighted by atomic mass is 79.9. The minimum absolute atomic E-state index is 0.0338. The lowest BCUT2D eigenvalue weighted by Gasteiger charge is -2.15. The first-order valence-corrected chi connectivity index (χ1v) is 9.36. The summed E-state index contributed by atoms with van der Waals surface area (Å²) in [5.41, 5.74) is 0.362. The lowest BCUT2D eigenvalue weighted by Crippen LogP contribution is -2.15. The Hall–Kier alpha value is -1.93. The van der Waals surface area contributed by atoms with Crippen LogP contribution in [0.4, 0.5) is 5.69 Å². The summed E-state index contributed by atoms with van der Waals surface area (Å²) in [7, 11) is -0.929. The Balaban J connectivity index is 2.45. The molecule has 1 N–H and O–H groups in total. The molecule has 0 aliphatic rings. The van der Waals surface area contributed by atoms with E-state index in [2.05, 4.69) is 20.7 Å². The van der Waals surface area contributed by atoms with Crippen LogP contribution in [0.3, 0.4) is 0 Å². The van der Waals surface area contributed by atoms with Crippen molar-refractivity contribution in [1.82, 2.24) is 0 Å². The Morgan fingerprint density at radius 1 is 1.04 bits per heavy atom. The maximum Gasteiger partial charge on any atom is 0.263 e. The molecule has 0 aliphatic heterocycles. The molecule has 2 rings (SSSR count). The monoisotopic (exact) mass is 415 g/mol. The molecule has 6 nitrogen and oxygen atoms in total. The SMILES string of the molecule is CCOc1ccccc1NS(=O)(=O)c1cc(OC)c(OC)cc1Br. The number of sulfonamides is 1. The number of hydrogen-bond donors (Lipinski definition) is 1. The number of rotatable bonds is 7. The number of methoxy groups -OCH3 is 2. The van der Waals surface area contributed by atoms with E-state index in [1.165, 1.54) is 20.3 Å². The van der Waals surface area contributed by atoms with Gasteiger partial charge in [0.25, 0.3) is 10.0 Å². The number of anilines is 1. The normalized spacial score (nSPS) is 11.0. The van der Waals surface area contributed by atoms with E-state index in [0.717, 1.165) is 0 Å². The summed E-state index contributed by atoms with van der Waals surface area (Å²) in [5.74, 6) is 1.21. The summed E-state index contributed by atoms with van der Waals surface area (Å²) in [5, 5.41) is 0. The van der Waals surface area contributed by atoms with Crippen molar-refractivity contribution >= 4 is 31.6 Å². The number of halogens is 1. The van der Waals surface area contributed by atoms with Crippen molar-refractivity contribution in [3.63, 3.8) is 0 Å². The first-order chi connectivity index (χ1) is 11.4. The van der Waals surface area contributed by atoms with Gasteiger partial charge in [-0.15, -0.1) is 0 Å². The van der Waals surface area contributed by atoms with Crippen LogP contribution in [0, 0.1) is 0 Å². The molecule has 2 aromatic rings. The van der Waals surface area contributed by atoms with Crippen LogP contribution < -0.4 is 18.9 Å². The summed E-state index contributed by atoms with van der Waals surface area (Å²) in [6.45, 7) is 2.26. The lowest BCUT2D eigenvalue weighted by atomic mass is 10.3. The highest BCUT2D eigenvalue weighted by Gasteiger charge is 2.22. The van der Waals surface area contributed by atoms with Crippen molar-refractivity contribution in [2.24, 2.45) is 0 Å². The zero-order valence-electron chi connectivity index (χ0n) is 13.5. The summed E-state index contributed by atoms with van der Waals surface area (Å²) in [4.78, 5) is 0.0338. The fraction of sp³-hybridized carbons (Fsp3) is 0.250. The maximum atomic E-state index is 12.8. The van der Waals surface area contributed by atoms with Crippen LogP contribution in [0.1, 0.15) is 6.92 Å². The second-order valence-corrected chi connectivity index (χ2v) is 7.18. The Bertz CT molecular complexity index is 823. The van der Waals surface area contributed by atoms with Crippen molar-refractivity contribution in [3.8, 4) is 17.2 Å². The van der Waals surface area contributed by atoms with Crippen LogP contribution in [0.25, 0.3) is 0 Å². The Morgan fingerprint density at radius 3 is 2.29 bits per heavy atom. The molecule has 8 heteroatoms. The molecule has 130 valence electrons. The predicted molar refractivity (Wildman–Crippen MR) is 95.7 cm³/mol. The molecule has 0 amide bonds. The topological polar surface area (TPSA) is 73.9 Å². The van der Waals surface area contributed by atoms with E-state index < -0.39 is 10.0 Å². The van der Waals surface area contributed by atoms with Crippen LogP contribution in [-0.4, -0.2) is 29.2 Å². The molecule has 0 bridgehead atoms. The zero-order chi connectivity index (χ0) is 17.7. The summed E-state index contributed by atoms with van der Waals surface area (Å²) >= 11 is 3.26. The van der Waals surface area contributed by atoms with Gasteiger partial charge in [-0.05, 0) is 41.1 Å². The molecular formula is C16H18BrNO5S. The Morgan fingerprint density at radius 2 is 1.67 bits per heavy atom. The molecule has 0 saturated heterocycles. The van der Waals surface area contributed by atoms with Gasteiger partial charge in [0, 0.05) is 10.5 Å². The summed E-state index contributed by atoms with van der Waals surface area (Å²) in [6.07, 6.45) is 0. The summed E-state index contributed by atoms with van der Waals surface area (Å²) in [6, 6.07) is 9.78. The molecule has 0 atom stereocenters. The first kappa shape index (κ1) is 18.4. The van der Waals surface area contributed by atoms with E-state index in [0.29, 0.717) is 34.0 Å². The van der Waals surface area contributed by atoms with Crippen LogP contribution in [-0.2, 0) is 10.0 Å². The second-order valence-electron chi connectivity index (χ2n) is 4.67. The van der Waals surface area contributed by atoms with Gasteiger partial charge in [0.05, 0.1) is 26.5 Å². The highest BCUT2D eigenvalue weighted by Crippen LogP contribution is 2.37. The van der Waals surface area contributed by atoms with E-state index in [-0.39, 0.29) is 4.90 Å². The maximum absolute atomic E-state index is 12.8. The molecular weight excluding hydrogens is 398 g/mol. The number of ether oxygens (including phenoxy) is 3. The highest BCUT2D eigenvalue weighted by molar-refractivity contribution is 9.10. The van der Waals surface area contributed by atoms with Gasteiger partial charge in [-0.3, -0.25) is 4.72 Å². The van der Waals surface area contributed by atoms with Crippen molar-refractivity contribution in [1.29, 1.82) is 0 Å². The van der Waals surface area contributed by atoms with Gasteiger partial charge in [0.1, 0.15) is 10.6 Å². The number of para-hydroxylation sites is 2. The fourth-order valence-corrected chi connectivity index (χ4v) is 4.18. The average molecular weight is 416 g/mol. The van der Waals surface area contributed by atoms with Crippen LogP contribution in [0.2, 0.25) is 0 Å². The molecule has 0 unspecified atom stereocenters. The van der Waals surface area contributed by atoms with E-state index in [1.54, 1.807) is 30.3 Å². The first-order valence-electron chi connectivity index (χ1n) is 7.09. The largest absolute Gasteiger partial charge is 0.493 e. The predicted octanol–water partition coefficient (Wildman–Crippen LogP) is 3.67. The van der Waals surface area contributed by atoms with Crippen LogP contribution >= 0.6 is 15.9 Å². The van der Waals surface area contributed by atoms with Gasteiger partial charge in [0.15, 0.2) is 11.5 Å². The van der Waals surface area contributed by atoms with E-state index in [9.17, 15) is 8.42 Å². The Labute approximate surface area is 149 Å². The number of hydrogen-bond acceptors (Lipinski definition) is 5. The van der Waals surface area contributed by atoms with Gasteiger partial charge in [0.2, 0.25) is 0 Å². The minimum atomic E-state index is -3.85. The number of benzene rings is 2. The Kier molecular flexibility index (Phi) is 5.95. The lowest BCUT2D eigenvalue weighted by molar-refractivity contribution is 0.342. The van der Waals surface area contributed by atoms with E-state index in [1.807, 2.05) is 6.92 Å². The molecule has 0 aliphatic carbocycles. The van der Waals surface area contributed by atoms with Crippen molar-refractivity contribution in [2.45, 2.75) is 11.8 Å². The third kappa shape index (κ3) is 3.93. The molecule has 2 aromatic carbocycles. The third-order valence-electron chi connectivity index (χ3n) is 3.16. The van der Waals surface area contributed by atoms with E-state index >= 15 is 0 Å². The van der Waals surface area contributed by atoms with Gasteiger partial charge in [-0.2, -0.15) is 0 Å². The third-order valence-corrected chi connectivity index (χ3v) is 5.48. The summed E-state index contributed by atoms with van der Waals surface area (Å²) < 4.78 is 44.2. The standard InChI is InChI=1S/C16H18BrNO5S/c1-4-23-13-8-6-5-7-12(13)18-24(19,20)16-10-15(22-3)14(21-2)9-11(16)17/h5-10,18H,4H2,1-3H3. The molecule has 0 aromatic heterocycles. The average Bonchev–Trinajstić information content (AvgIpc) is 2.56. The fourth-order valence-electron chi connectivity index (χ4n) is 2.07. The van der Waals surface area contributed by atoms with Crippen LogP contribution in [0.5, 0.6) is 17.2 Å². The van der Waals surface area contributed by atoms with Gasteiger partial charge < -0.3 is 14.2 Å². The van der Waals surface area contributed by atoms with E-state index in [4.69, 9.17) is 14.2 Å². The zero-order valence-corrected chi connectivity index (χ0v) is 15.9.